The second-order valence-electron chi connectivity index (χ2n) is 5.72. The summed E-state index contributed by atoms with van der Waals surface area (Å²) in [4.78, 5) is 11.7. The van der Waals surface area contributed by atoms with E-state index in [-0.39, 0.29) is 0 Å². The Morgan fingerprint density at radius 3 is 2.84 bits per heavy atom. The SMILES string of the molecule is c1cc(C2CCC2)nc(CCCN2CCNCC2)n1. The molecular formula is C15H24N4. The maximum atomic E-state index is 4.74. The van der Waals surface area contributed by atoms with E-state index in [2.05, 4.69) is 21.3 Å². The standard InChI is InChI=1S/C15H24N4/c1-3-13(4-1)14-6-7-17-15(18-14)5-2-10-19-11-8-16-9-12-19/h6-7,13,16H,1-5,8-12H2. The third-order valence-corrected chi connectivity index (χ3v) is 4.33. The van der Waals surface area contributed by atoms with Crippen LogP contribution in [0.4, 0.5) is 0 Å². The van der Waals surface area contributed by atoms with Gasteiger partial charge in [-0.3, -0.25) is 0 Å². The Balaban J connectivity index is 1.46. The van der Waals surface area contributed by atoms with Crippen molar-refractivity contribution in [2.45, 2.75) is 38.0 Å². The zero-order valence-corrected chi connectivity index (χ0v) is 11.6. The third kappa shape index (κ3) is 3.51. The largest absolute Gasteiger partial charge is 0.314 e. The first-order valence-corrected chi connectivity index (χ1v) is 7.67. The van der Waals surface area contributed by atoms with Gasteiger partial charge in [0.25, 0.3) is 0 Å². The van der Waals surface area contributed by atoms with E-state index in [1.807, 2.05) is 6.20 Å². The predicted molar refractivity (Wildman–Crippen MR) is 76.3 cm³/mol. The monoisotopic (exact) mass is 260 g/mol. The lowest BCUT2D eigenvalue weighted by Gasteiger charge is -2.27. The Morgan fingerprint density at radius 2 is 2.11 bits per heavy atom. The molecule has 0 unspecified atom stereocenters. The van der Waals surface area contributed by atoms with Gasteiger partial charge in [0.2, 0.25) is 0 Å². The zero-order chi connectivity index (χ0) is 12.9. The van der Waals surface area contributed by atoms with Crippen molar-refractivity contribution in [2.75, 3.05) is 32.7 Å². The van der Waals surface area contributed by atoms with Crippen molar-refractivity contribution in [3.8, 4) is 0 Å². The highest BCUT2D eigenvalue weighted by molar-refractivity contribution is 5.11. The van der Waals surface area contributed by atoms with Gasteiger partial charge in [0.1, 0.15) is 5.82 Å². The molecule has 0 radical (unpaired) electrons. The predicted octanol–water partition coefficient (Wildman–Crippen LogP) is 1.58. The lowest BCUT2D eigenvalue weighted by atomic mass is 9.83. The van der Waals surface area contributed by atoms with Gasteiger partial charge in [0.05, 0.1) is 0 Å². The van der Waals surface area contributed by atoms with Gasteiger partial charge in [0.15, 0.2) is 0 Å². The van der Waals surface area contributed by atoms with Crippen LogP contribution in [0.2, 0.25) is 0 Å². The molecule has 1 aliphatic heterocycles. The molecule has 0 bridgehead atoms. The zero-order valence-electron chi connectivity index (χ0n) is 11.6. The Hall–Kier alpha value is -1.00. The van der Waals surface area contributed by atoms with Crippen LogP contribution in [0.5, 0.6) is 0 Å². The van der Waals surface area contributed by atoms with Crippen molar-refractivity contribution in [1.29, 1.82) is 0 Å². The molecule has 0 aromatic carbocycles. The Kier molecular flexibility index (Phi) is 4.41. The Bertz CT molecular complexity index is 397. The molecule has 0 amide bonds. The van der Waals surface area contributed by atoms with Crippen molar-refractivity contribution in [3.63, 3.8) is 0 Å². The molecule has 1 N–H and O–H groups in total. The molecule has 4 nitrogen and oxygen atoms in total. The molecule has 19 heavy (non-hydrogen) atoms. The minimum absolute atomic E-state index is 0.718. The molecule has 1 aromatic rings. The molecule has 2 fully saturated rings. The number of piperazine rings is 1. The summed E-state index contributed by atoms with van der Waals surface area (Å²) >= 11 is 0. The van der Waals surface area contributed by atoms with E-state index in [9.17, 15) is 0 Å². The van der Waals surface area contributed by atoms with Crippen LogP contribution in [0.15, 0.2) is 12.3 Å². The van der Waals surface area contributed by atoms with E-state index in [1.54, 1.807) is 0 Å². The van der Waals surface area contributed by atoms with E-state index in [0.29, 0.717) is 0 Å². The maximum absolute atomic E-state index is 4.74. The molecule has 104 valence electrons. The van der Waals surface area contributed by atoms with Gasteiger partial charge in [-0.05, 0) is 31.9 Å². The van der Waals surface area contributed by atoms with Gasteiger partial charge in [-0.1, -0.05) is 6.42 Å². The quantitative estimate of drug-likeness (QED) is 0.873. The molecule has 1 saturated heterocycles. The summed E-state index contributed by atoms with van der Waals surface area (Å²) in [5.41, 5.74) is 1.28. The molecule has 4 heteroatoms. The molecule has 3 rings (SSSR count). The summed E-state index contributed by atoms with van der Waals surface area (Å²) in [7, 11) is 0. The molecule has 1 aliphatic carbocycles. The number of hydrogen-bond donors (Lipinski definition) is 1. The average molecular weight is 260 g/mol. The summed E-state index contributed by atoms with van der Waals surface area (Å²) in [5, 5.41) is 3.39. The molecule has 2 aliphatic rings. The lowest BCUT2D eigenvalue weighted by molar-refractivity contribution is 0.238. The minimum atomic E-state index is 0.718. The van der Waals surface area contributed by atoms with Crippen molar-refractivity contribution in [1.82, 2.24) is 20.2 Å². The van der Waals surface area contributed by atoms with E-state index >= 15 is 0 Å². The van der Waals surface area contributed by atoms with E-state index in [4.69, 9.17) is 4.98 Å². The number of aromatic nitrogens is 2. The molecule has 1 saturated carbocycles. The van der Waals surface area contributed by atoms with Crippen LogP contribution < -0.4 is 5.32 Å². The maximum Gasteiger partial charge on any atom is 0.128 e. The number of hydrogen-bond acceptors (Lipinski definition) is 4. The number of aryl methyl sites for hydroxylation is 1. The summed E-state index contributed by atoms with van der Waals surface area (Å²) in [6.07, 6.45) is 8.14. The fraction of sp³-hybridized carbons (Fsp3) is 0.733. The second kappa shape index (κ2) is 6.44. The van der Waals surface area contributed by atoms with Crippen molar-refractivity contribution >= 4 is 0 Å². The summed E-state index contributed by atoms with van der Waals surface area (Å²) in [6.45, 7) is 5.81. The highest BCUT2D eigenvalue weighted by Gasteiger charge is 2.21. The van der Waals surface area contributed by atoms with Crippen LogP contribution in [0, 0.1) is 0 Å². The van der Waals surface area contributed by atoms with Gasteiger partial charge < -0.3 is 10.2 Å². The fourth-order valence-electron chi connectivity index (χ4n) is 2.86. The minimum Gasteiger partial charge on any atom is -0.314 e. The first kappa shape index (κ1) is 13.0. The normalized spacial score (nSPS) is 21.3. The molecule has 2 heterocycles. The number of nitrogens with zero attached hydrogens (tertiary/aromatic N) is 3. The smallest absolute Gasteiger partial charge is 0.128 e. The van der Waals surface area contributed by atoms with Crippen LogP contribution in [-0.2, 0) is 6.42 Å². The van der Waals surface area contributed by atoms with Crippen LogP contribution in [-0.4, -0.2) is 47.6 Å². The van der Waals surface area contributed by atoms with Crippen LogP contribution >= 0.6 is 0 Å². The van der Waals surface area contributed by atoms with E-state index in [1.165, 1.54) is 51.0 Å². The third-order valence-electron chi connectivity index (χ3n) is 4.33. The van der Waals surface area contributed by atoms with Crippen LogP contribution in [0.3, 0.4) is 0 Å². The second-order valence-corrected chi connectivity index (χ2v) is 5.72. The molecular weight excluding hydrogens is 236 g/mol. The van der Waals surface area contributed by atoms with Crippen molar-refractivity contribution in [2.24, 2.45) is 0 Å². The van der Waals surface area contributed by atoms with Crippen molar-refractivity contribution in [3.05, 3.63) is 23.8 Å². The highest BCUT2D eigenvalue weighted by atomic mass is 15.2. The van der Waals surface area contributed by atoms with E-state index < -0.39 is 0 Å². The van der Waals surface area contributed by atoms with Gasteiger partial charge in [0, 0.05) is 50.4 Å². The average Bonchev–Trinajstić information content (AvgIpc) is 2.38. The fourth-order valence-corrected chi connectivity index (χ4v) is 2.86. The van der Waals surface area contributed by atoms with Crippen molar-refractivity contribution < 1.29 is 0 Å². The number of nitrogens with one attached hydrogen (secondary N) is 1. The first-order valence-electron chi connectivity index (χ1n) is 7.67. The van der Waals surface area contributed by atoms with Gasteiger partial charge in [-0.25, -0.2) is 9.97 Å². The van der Waals surface area contributed by atoms with Gasteiger partial charge in [-0.15, -0.1) is 0 Å². The summed E-state index contributed by atoms with van der Waals surface area (Å²) in [6, 6.07) is 2.10. The topological polar surface area (TPSA) is 41.1 Å². The van der Waals surface area contributed by atoms with Crippen LogP contribution in [0.1, 0.15) is 43.1 Å². The lowest BCUT2D eigenvalue weighted by Crippen LogP contribution is -2.43. The summed E-state index contributed by atoms with van der Waals surface area (Å²) < 4.78 is 0. The summed E-state index contributed by atoms with van der Waals surface area (Å²) in [5.74, 6) is 1.76. The molecule has 0 atom stereocenters. The molecule has 0 spiro atoms. The first-order chi connectivity index (χ1) is 9.42. The van der Waals surface area contributed by atoms with Gasteiger partial charge in [-0.2, -0.15) is 0 Å². The number of rotatable bonds is 5. The Morgan fingerprint density at radius 1 is 1.26 bits per heavy atom. The van der Waals surface area contributed by atoms with Crippen LogP contribution in [0.25, 0.3) is 0 Å². The molecule has 1 aromatic heterocycles. The Labute approximate surface area is 115 Å². The highest BCUT2D eigenvalue weighted by Crippen LogP contribution is 2.34. The van der Waals surface area contributed by atoms with Gasteiger partial charge >= 0.3 is 0 Å². The van der Waals surface area contributed by atoms with E-state index in [0.717, 1.165) is 31.3 Å².